The molecular formula is C14H14ClNO2S. The molecule has 0 unspecified atom stereocenters. The van der Waals surface area contributed by atoms with E-state index in [0.29, 0.717) is 6.54 Å². The van der Waals surface area contributed by atoms with Crippen LogP contribution in [-0.2, 0) is 11.3 Å². The van der Waals surface area contributed by atoms with Crippen molar-refractivity contribution in [1.82, 2.24) is 0 Å². The summed E-state index contributed by atoms with van der Waals surface area (Å²) in [5, 5.41) is 1.99. The zero-order valence-corrected chi connectivity index (χ0v) is 12.1. The highest BCUT2D eigenvalue weighted by atomic mass is 35.5. The predicted octanol–water partition coefficient (Wildman–Crippen LogP) is 3.53. The first kappa shape index (κ1) is 13.9. The number of thiophene rings is 1. The summed E-state index contributed by atoms with van der Waals surface area (Å²) in [7, 11) is 1.60. The zero-order valence-electron chi connectivity index (χ0n) is 10.5. The molecule has 100 valence electrons. The van der Waals surface area contributed by atoms with Gasteiger partial charge in [0.15, 0.2) is 0 Å². The third-order valence-electron chi connectivity index (χ3n) is 2.67. The zero-order chi connectivity index (χ0) is 13.7. The van der Waals surface area contributed by atoms with Gasteiger partial charge in [-0.1, -0.05) is 12.1 Å². The smallest absolute Gasteiger partial charge is 0.242 e. The molecule has 1 aromatic carbocycles. The van der Waals surface area contributed by atoms with E-state index in [1.165, 1.54) is 0 Å². The lowest BCUT2D eigenvalue weighted by Crippen LogP contribution is -2.31. The number of carbonyl (C=O) groups excluding carboxylic acids is 1. The van der Waals surface area contributed by atoms with E-state index in [1.54, 1.807) is 23.3 Å². The van der Waals surface area contributed by atoms with E-state index < -0.39 is 0 Å². The quantitative estimate of drug-likeness (QED) is 0.790. The molecule has 2 aromatic rings. The molecule has 3 nitrogen and oxygen atoms in total. The molecule has 1 heterocycles. The largest absolute Gasteiger partial charge is 0.497 e. The summed E-state index contributed by atoms with van der Waals surface area (Å²) in [5.41, 5.74) is 0.790. The summed E-state index contributed by atoms with van der Waals surface area (Å²) in [4.78, 5) is 14.8. The van der Waals surface area contributed by atoms with Gasteiger partial charge < -0.3 is 9.64 Å². The van der Waals surface area contributed by atoms with Crippen LogP contribution in [0.25, 0.3) is 0 Å². The van der Waals surface area contributed by atoms with Crippen molar-refractivity contribution in [1.29, 1.82) is 0 Å². The molecule has 0 atom stereocenters. The number of nitrogens with zero attached hydrogens (tertiary/aromatic N) is 1. The van der Waals surface area contributed by atoms with E-state index in [2.05, 4.69) is 0 Å². The molecule has 0 N–H and O–H groups in total. The molecule has 0 saturated heterocycles. The van der Waals surface area contributed by atoms with Gasteiger partial charge >= 0.3 is 0 Å². The molecule has 0 saturated carbocycles. The third kappa shape index (κ3) is 3.49. The highest BCUT2D eigenvalue weighted by Gasteiger charge is 2.16. The second kappa shape index (κ2) is 6.59. The molecule has 0 aliphatic carbocycles. The van der Waals surface area contributed by atoms with Gasteiger partial charge in [-0.15, -0.1) is 22.9 Å². The van der Waals surface area contributed by atoms with Crippen LogP contribution in [-0.4, -0.2) is 18.9 Å². The van der Waals surface area contributed by atoms with E-state index in [1.807, 2.05) is 41.8 Å². The van der Waals surface area contributed by atoms with Crippen LogP contribution in [0.3, 0.4) is 0 Å². The number of anilines is 1. The van der Waals surface area contributed by atoms with Gasteiger partial charge in [0, 0.05) is 16.6 Å². The number of ether oxygens (including phenoxy) is 1. The predicted molar refractivity (Wildman–Crippen MR) is 79.2 cm³/mol. The Morgan fingerprint density at radius 1 is 1.37 bits per heavy atom. The molecule has 0 aliphatic rings. The van der Waals surface area contributed by atoms with E-state index in [0.717, 1.165) is 16.3 Å². The Bertz CT molecular complexity index is 542. The number of carbonyl (C=O) groups is 1. The average Bonchev–Trinajstić information content (AvgIpc) is 2.97. The normalized spacial score (nSPS) is 10.2. The van der Waals surface area contributed by atoms with Gasteiger partial charge in [-0.3, -0.25) is 4.79 Å². The lowest BCUT2D eigenvalue weighted by molar-refractivity contribution is -0.116. The number of hydrogen-bond acceptors (Lipinski definition) is 3. The van der Waals surface area contributed by atoms with Crippen LogP contribution in [0.2, 0.25) is 0 Å². The number of halogens is 1. The molecular weight excluding hydrogens is 282 g/mol. The highest BCUT2D eigenvalue weighted by Crippen LogP contribution is 2.24. The van der Waals surface area contributed by atoms with Crippen LogP contribution in [0.4, 0.5) is 5.69 Å². The van der Waals surface area contributed by atoms with Crippen molar-refractivity contribution in [3.8, 4) is 5.75 Å². The van der Waals surface area contributed by atoms with Crippen molar-refractivity contribution in [2.24, 2.45) is 0 Å². The number of benzene rings is 1. The second-order valence-corrected chi connectivity index (χ2v) is 5.19. The lowest BCUT2D eigenvalue weighted by atomic mass is 10.2. The molecule has 5 heteroatoms. The Morgan fingerprint density at radius 2 is 2.21 bits per heavy atom. The summed E-state index contributed by atoms with van der Waals surface area (Å²) < 4.78 is 5.19. The summed E-state index contributed by atoms with van der Waals surface area (Å²) in [6.45, 7) is 0.524. The third-order valence-corrected chi connectivity index (χ3v) is 3.76. The van der Waals surface area contributed by atoms with Gasteiger partial charge in [0.1, 0.15) is 11.6 Å². The van der Waals surface area contributed by atoms with E-state index in [-0.39, 0.29) is 11.8 Å². The van der Waals surface area contributed by atoms with Crippen molar-refractivity contribution in [2.75, 3.05) is 17.9 Å². The molecule has 0 fully saturated rings. The molecule has 2 rings (SSSR count). The summed E-state index contributed by atoms with van der Waals surface area (Å²) in [6, 6.07) is 11.4. The first-order valence-corrected chi connectivity index (χ1v) is 7.19. The summed E-state index contributed by atoms with van der Waals surface area (Å²) in [5.74, 6) is 0.558. The highest BCUT2D eigenvalue weighted by molar-refractivity contribution is 7.09. The Hall–Kier alpha value is -1.52. The van der Waals surface area contributed by atoms with Gasteiger partial charge in [0.2, 0.25) is 5.91 Å². The second-order valence-electron chi connectivity index (χ2n) is 3.89. The maximum atomic E-state index is 12.0. The SMILES string of the molecule is COc1cccc(N(Cc2cccs2)C(=O)CCl)c1. The number of alkyl halides is 1. The van der Waals surface area contributed by atoms with Crippen molar-refractivity contribution in [3.63, 3.8) is 0 Å². The molecule has 1 aromatic heterocycles. The number of methoxy groups -OCH3 is 1. The number of hydrogen-bond donors (Lipinski definition) is 0. The first-order chi connectivity index (χ1) is 9.24. The fourth-order valence-electron chi connectivity index (χ4n) is 1.73. The van der Waals surface area contributed by atoms with Gasteiger partial charge in [-0.05, 0) is 23.6 Å². The van der Waals surface area contributed by atoms with Crippen LogP contribution < -0.4 is 9.64 Å². The Balaban J connectivity index is 2.28. The van der Waals surface area contributed by atoms with E-state index in [9.17, 15) is 4.79 Å². The fraction of sp³-hybridized carbons (Fsp3) is 0.214. The van der Waals surface area contributed by atoms with Gasteiger partial charge in [-0.25, -0.2) is 0 Å². The first-order valence-electron chi connectivity index (χ1n) is 5.77. The molecule has 1 amide bonds. The maximum absolute atomic E-state index is 12.0. The molecule has 0 bridgehead atoms. The minimum absolute atomic E-state index is 0.0391. The number of amides is 1. The minimum atomic E-state index is -0.122. The Kier molecular flexibility index (Phi) is 4.82. The molecule has 0 spiro atoms. The van der Waals surface area contributed by atoms with Crippen molar-refractivity contribution >= 4 is 34.5 Å². The van der Waals surface area contributed by atoms with Crippen LogP contribution in [0.15, 0.2) is 41.8 Å². The van der Waals surface area contributed by atoms with Crippen LogP contribution >= 0.6 is 22.9 Å². The molecule has 0 aliphatic heterocycles. The number of rotatable bonds is 5. The van der Waals surface area contributed by atoms with Gasteiger partial charge in [-0.2, -0.15) is 0 Å². The monoisotopic (exact) mass is 295 g/mol. The van der Waals surface area contributed by atoms with Gasteiger partial charge in [0.05, 0.1) is 13.7 Å². The van der Waals surface area contributed by atoms with Crippen molar-refractivity contribution in [3.05, 3.63) is 46.7 Å². The van der Waals surface area contributed by atoms with Crippen molar-refractivity contribution in [2.45, 2.75) is 6.54 Å². The molecule has 19 heavy (non-hydrogen) atoms. The van der Waals surface area contributed by atoms with Gasteiger partial charge in [0.25, 0.3) is 0 Å². The van der Waals surface area contributed by atoms with E-state index in [4.69, 9.17) is 16.3 Å². The van der Waals surface area contributed by atoms with Crippen molar-refractivity contribution < 1.29 is 9.53 Å². The standard InChI is InChI=1S/C14H14ClNO2S/c1-18-12-5-2-4-11(8-12)16(14(17)9-15)10-13-6-3-7-19-13/h2-8H,9-10H2,1H3. The Labute approximate surface area is 121 Å². The summed E-state index contributed by atoms with van der Waals surface area (Å²) in [6.07, 6.45) is 0. The Morgan fingerprint density at radius 3 is 2.84 bits per heavy atom. The van der Waals surface area contributed by atoms with E-state index >= 15 is 0 Å². The van der Waals surface area contributed by atoms with Crippen LogP contribution in [0.5, 0.6) is 5.75 Å². The minimum Gasteiger partial charge on any atom is -0.497 e. The van der Waals surface area contributed by atoms with Crippen LogP contribution in [0, 0.1) is 0 Å². The lowest BCUT2D eigenvalue weighted by Gasteiger charge is -2.21. The van der Waals surface area contributed by atoms with Crippen LogP contribution in [0.1, 0.15) is 4.88 Å². The fourth-order valence-corrected chi connectivity index (χ4v) is 2.57. The average molecular weight is 296 g/mol. The molecule has 0 radical (unpaired) electrons. The topological polar surface area (TPSA) is 29.5 Å². The maximum Gasteiger partial charge on any atom is 0.242 e. The summed E-state index contributed by atoms with van der Waals surface area (Å²) >= 11 is 7.31.